The van der Waals surface area contributed by atoms with Gasteiger partial charge in [0.15, 0.2) is 6.71 Å². The summed E-state index contributed by atoms with van der Waals surface area (Å²) in [5.41, 5.74) is 2.97. The maximum atomic E-state index is 4.22. The van der Waals surface area contributed by atoms with Crippen LogP contribution in [-0.4, -0.2) is 6.71 Å². The Hall–Kier alpha value is -0.975. The van der Waals surface area contributed by atoms with E-state index in [-0.39, 0.29) is 0 Å². The van der Waals surface area contributed by atoms with E-state index < -0.39 is 0 Å². The standard InChI is InChI=1S/C19H27B/c1-15(2)14-20-18-12-6-10-17(11-7-13-18)19(20)16-8-4-3-5-9-16/h3-5,8-9,17-19H,1,6-7,10-14H2,2H3. The fourth-order valence-corrected chi connectivity index (χ4v) is 4.89. The van der Waals surface area contributed by atoms with Gasteiger partial charge >= 0.3 is 0 Å². The summed E-state index contributed by atoms with van der Waals surface area (Å²) >= 11 is 0. The van der Waals surface area contributed by atoms with E-state index in [1.54, 1.807) is 5.56 Å². The van der Waals surface area contributed by atoms with E-state index in [2.05, 4.69) is 43.8 Å². The Morgan fingerprint density at radius 2 is 1.75 bits per heavy atom. The van der Waals surface area contributed by atoms with Crippen molar-refractivity contribution in [3.63, 3.8) is 0 Å². The Kier molecular flexibility index (Phi) is 4.34. The van der Waals surface area contributed by atoms with Crippen LogP contribution < -0.4 is 0 Å². The van der Waals surface area contributed by atoms with Crippen LogP contribution in [0.2, 0.25) is 12.1 Å². The molecule has 2 aliphatic rings. The van der Waals surface area contributed by atoms with Gasteiger partial charge in [-0.3, -0.25) is 0 Å². The van der Waals surface area contributed by atoms with Crippen molar-refractivity contribution in [1.29, 1.82) is 0 Å². The number of hydrogen-bond donors (Lipinski definition) is 0. The molecule has 0 amide bonds. The minimum atomic E-state index is 0.780. The molecule has 0 aliphatic carbocycles. The van der Waals surface area contributed by atoms with Crippen LogP contribution in [0.5, 0.6) is 0 Å². The third kappa shape index (κ3) is 2.87. The number of allylic oxidation sites excluding steroid dienone is 1. The minimum Gasteiger partial charge on any atom is -0.101 e. The zero-order valence-corrected chi connectivity index (χ0v) is 12.9. The Morgan fingerprint density at radius 3 is 2.35 bits per heavy atom. The highest BCUT2D eigenvalue weighted by Crippen LogP contribution is 2.49. The van der Waals surface area contributed by atoms with Crippen LogP contribution in [0.25, 0.3) is 0 Å². The molecule has 3 rings (SSSR count). The van der Waals surface area contributed by atoms with E-state index in [0.717, 1.165) is 24.3 Å². The third-order valence-corrected chi connectivity index (χ3v) is 5.64. The number of fused-ring (bicyclic) bond motifs is 3. The van der Waals surface area contributed by atoms with Gasteiger partial charge in [-0.1, -0.05) is 92.1 Å². The summed E-state index contributed by atoms with van der Waals surface area (Å²) in [6.07, 6.45) is 9.94. The fraction of sp³-hybridized carbons (Fsp3) is 0.579. The molecule has 2 heterocycles. The Labute approximate surface area is 124 Å². The zero-order chi connectivity index (χ0) is 13.9. The summed E-state index contributed by atoms with van der Waals surface area (Å²) in [6.45, 7) is 7.28. The van der Waals surface area contributed by atoms with E-state index >= 15 is 0 Å². The highest BCUT2D eigenvalue weighted by molar-refractivity contribution is 6.63. The largest absolute Gasteiger partial charge is 0.155 e. The molecule has 0 N–H and O–H groups in total. The second kappa shape index (κ2) is 6.20. The van der Waals surface area contributed by atoms with Crippen molar-refractivity contribution in [3.05, 3.63) is 48.0 Å². The van der Waals surface area contributed by atoms with Gasteiger partial charge in [0.1, 0.15) is 0 Å². The van der Waals surface area contributed by atoms with Crippen LogP contribution in [0.15, 0.2) is 42.5 Å². The molecule has 1 unspecified atom stereocenters. The quantitative estimate of drug-likeness (QED) is 0.483. The fourth-order valence-electron chi connectivity index (χ4n) is 4.89. The molecule has 0 nitrogen and oxygen atoms in total. The lowest BCUT2D eigenvalue weighted by atomic mass is 9.29. The van der Waals surface area contributed by atoms with Gasteiger partial charge in [-0.2, -0.15) is 0 Å². The Balaban J connectivity index is 1.98. The molecule has 0 spiro atoms. The van der Waals surface area contributed by atoms with Crippen molar-refractivity contribution in [3.8, 4) is 0 Å². The monoisotopic (exact) mass is 266 g/mol. The second-order valence-corrected chi connectivity index (χ2v) is 7.14. The average Bonchev–Trinajstić information content (AvgIpc) is 2.67. The Bertz CT molecular complexity index is 440. The van der Waals surface area contributed by atoms with Gasteiger partial charge in [-0.15, -0.1) is 6.58 Å². The van der Waals surface area contributed by atoms with Crippen molar-refractivity contribution < 1.29 is 0 Å². The van der Waals surface area contributed by atoms with Crippen molar-refractivity contribution in [2.24, 2.45) is 5.92 Å². The van der Waals surface area contributed by atoms with Crippen LogP contribution in [0.4, 0.5) is 0 Å². The van der Waals surface area contributed by atoms with Crippen molar-refractivity contribution in [2.75, 3.05) is 0 Å². The van der Waals surface area contributed by atoms with Crippen LogP contribution >= 0.6 is 0 Å². The molecular weight excluding hydrogens is 239 g/mol. The van der Waals surface area contributed by atoms with Gasteiger partial charge in [0.2, 0.25) is 0 Å². The molecule has 20 heavy (non-hydrogen) atoms. The molecule has 2 bridgehead atoms. The topological polar surface area (TPSA) is 0 Å². The molecule has 0 radical (unpaired) electrons. The average molecular weight is 266 g/mol. The SMILES string of the molecule is C=C(C)CB1C2CCCC(CCC2)C1c1ccccc1. The van der Waals surface area contributed by atoms with Crippen molar-refractivity contribution in [1.82, 2.24) is 0 Å². The summed E-state index contributed by atoms with van der Waals surface area (Å²) in [5.74, 6) is 2.63. The molecule has 1 heteroatoms. The van der Waals surface area contributed by atoms with Gasteiger partial charge in [-0.05, 0) is 18.7 Å². The van der Waals surface area contributed by atoms with E-state index in [1.807, 2.05) is 0 Å². The zero-order valence-electron chi connectivity index (χ0n) is 12.9. The first-order valence-electron chi connectivity index (χ1n) is 8.45. The highest BCUT2D eigenvalue weighted by Gasteiger charge is 2.41. The first-order chi connectivity index (χ1) is 9.75. The molecule has 0 saturated carbocycles. The van der Waals surface area contributed by atoms with E-state index in [9.17, 15) is 0 Å². The lowest BCUT2D eigenvalue weighted by Gasteiger charge is -2.31. The number of hydrogen-bond acceptors (Lipinski definition) is 0. The molecule has 2 saturated heterocycles. The Morgan fingerprint density at radius 1 is 1.10 bits per heavy atom. The predicted octanol–water partition coefficient (Wildman–Crippen LogP) is 5.73. The van der Waals surface area contributed by atoms with Gasteiger partial charge in [0.05, 0.1) is 0 Å². The molecule has 1 aromatic carbocycles. The highest BCUT2D eigenvalue weighted by atomic mass is 14.3. The van der Waals surface area contributed by atoms with Crippen LogP contribution in [0.3, 0.4) is 0 Å². The van der Waals surface area contributed by atoms with E-state index in [0.29, 0.717) is 0 Å². The number of rotatable bonds is 3. The molecule has 2 fully saturated rings. The molecular formula is C19H27B. The molecule has 2 aliphatic heterocycles. The van der Waals surface area contributed by atoms with E-state index in [4.69, 9.17) is 0 Å². The van der Waals surface area contributed by atoms with Crippen LogP contribution in [-0.2, 0) is 0 Å². The summed E-state index contributed by atoms with van der Waals surface area (Å²) in [7, 11) is 0. The van der Waals surface area contributed by atoms with Gasteiger partial charge in [0, 0.05) is 0 Å². The molecule has 1 atom stereocenters. The second-order valence-electron chi connectivity index (χ2n) is 7.14. The van der Waals surface area contributed by atoms with Gasteiger partial charge in [0.25, 0.3) is 0 Å². The minimum absolute atomic E-state index is 0.780. The lowest BCUT2D eigenvalue weighted by molar-refractivity contribution is 0.391. The molecule has 1 aromatic rings. The summed E-state index contributed by atoms with van der Waals surface area (Å²) < 4.78 is 0. The normalized spacial score (nSPS) is 29.9. The maximum Gasteiger partial charge on any atom is 0.155 e. The first kappa shape index (κ1) is 14.0. The predicted molar refractivity (Wildman–Crippen MR) is 89.5 cm³/mol. The summed E-state index contributed by atoms with van der Waals surface area (Å²) in [4.78, 5) is 0. The van der Waals surface area contributed by atoms with E-state index in [1.165, 1.54) is 50.4 Å². The molecule has 0 aromatic heterocycles. The number of benzene rings is 1. The van der Waals surface area contributed by atoms with Crippen LogP contribution in [0, 0.1) is 5.92 Å². The van der Waals surface area contributed by atoms with Crippen molar-refractivity contribution >= 4 is 6.71 Å². The summed E-state index contributed by atoms with van der Waals surface area (Å²) in [6, 6.07) is 11.3. The van der Waals surface area contributed by atoms with Crippen molar-refractivity contribution in [2.45, 2.75) is 63.4 Å². The summed E-state index contributed by atoms with van der Waals surface area (Å²) in [5, 5.41) is 0. The lowest BCUT2D eigenvalue weighted by Crippen LogP contribution is -2.30. The van der Waals surface area contributed by atoms with Crippen LogP contribution in [0.1, 0.15) is 56.8 Å². The third-order valence-electron chi connectivity index (χ3n) is 5.64. The molecule has 106 valence electrons. The smallest absolute Gasteiger partial charge is 0.101 e. The maximum absolute atomic E-state index is 4.22. The van der Waals surface area contributed by atoms with Gasteiger partial charge < -0.3 is 0 Å². The van der Waals surface area contributed by atoms with Gasteiger partial charge in [-0.25, -0.2) is 0 Å². The first-order valence-corrected chi connectivity index (χ1v) is 8.45.